The van der Waals surface area contributed by atoms with Gasteiger partial charge in [0.2, 0.25) is 0 Å². The predicted octanol–water partition coefficient (Wildman–Crippen LogP) is 2.54. The molecule has 0 saturated carbocycles. The minimum absolute atomic E-state index is 0.214. The number of carboxylic acid groups (broad SMARTS) is 1. The highest BCUT2D eigenvalue weighted by atomic mass is 16.5. The lowest BCUT2D eigenvalue weighted by Crippen LogP contribution is -2.09. The predicted molar refractivity (Wildman–Crippen MR) is 84.4 cm³/mol. The molecule has 0 bridgehead atoms. The van der Waals surface area contributed by atoms with E-state index >= 15 is 0 Å². The monoisotopic (exact) mass is 297 g/mol. The second-order valence-electron chi connectivity index (χ2n) is 4.84. The number of aromatic nitrogens is 2. The minimum Gasteiger partial charge on any atom is -0.478 e. The van der Waals surface area contributed by atoms with E-state index in [0.29, 0.717) is 24.5 Å². The molecule has 0 saturated heterocycles. The highest BCUT2D eigenvalue weighted by Crippen LogP contribution is 2.29. The Bertz CT molecular complexity index is 849. The van der Waals surface area contributed by atoms with Crippen molar-refractivity contribution in [2.75, 3.05) is 25.6 Å². The zero-order valence-electron chi connectivity index (χ0n) is 12.0. The third-order valence-electron chi connectivity index (χ3n) is 3.44. The summed E-state index contributed by atoms with van der Waals surface area (Å²) < 4.78 is 5.03. The molecule has 0 aliphatic heterocycles. The summed E-state index contributed by atoms with van der Waals surface area (Å²) in [7, 11) is 1.64. The summed E-state index contributed by atoms with van der Waals surface area (Å²) in [4.78, 5) is 19.9. The molecule has 2 N–H and O–H groups in total. The van der Waals surface area contributed by atoms with Crippen LogP contribution in [0.15, 0.2) is 36.7 Å². The van der Waals surface area contributed by atoms with Gasteiger partial charge in [0.1, 0.15) is 5.82 Å². The van der Waals surface area contributed by atoms with Crippen molar-refractivity contribution in [3.63, 3.8) is 0 Å². The van der Waals surface area contributed by atoms with Crippen LogP contribution in [0.25, 0.3) is 21.7 Å². The lowest BCUT2D eigenvalue weighted by molar-refractivity contribution is 0.0697. The van der Waals surface area contributed by atoms with E-state index in [9.17, 15) is 4.79 Å². The largest absolute Gasteiger partial charge is 0.478 e. The van der Waals surface area contributed by atoms with Crippen LogP contribution in [0.3, 0.4) is 0 Å². The summed E-state index contributed by atoms with van der Waals surface area (Å²) in [6.45, 7) is 1.17. The smallest absolute Gasteiger partial charge is 0.335 e. The van der Waals surface area contributed by atoms with Crippen LogP contribution in [0, 0.1) is 0 Å². The van der Waals surface area contributed by atoms with Gasteiger partial charge in [-0.2, -0.15) is 0 Å². The molecule has 0 radical (unpaired) electrons. The van der Waals surface area contributed by atoms with Crippen LogP contribution in [0.4, 0.5) is 5.82 Å². The molecule has 1 aromatic carbocycles. The Balaban J connectivity index is 2.20. The standard InChI is InChI=1S/C16H15N3O3/c1-22-7-6-18-15-12-4-5-17-9-13(12)11-3-2-10(16(20)21)8-14(11)19-15/h2-5,8-9H,6-7H2,1H3,(H,18,19)(H,20,21). The number of ether oxygens (including phenoxy) is 1. The highest BCUT2D eigenvalue weighted by molar-refractivity contribution is 6.10. The van der Waals surface area contributed by atoms with E-state index in [-0.39, 0.29) is 5.56 Å². The Hall–Kier alpha value is -2.73. The number of hydrogen-bond acceptors (Lipinski definition) is 5. The molecule has 3 rings (SSSR count). The number of rotatable bonds is 5. The average Bonchev–Trinajstić information content (AvgIpc) is 2.54. The number of benzene rings is 1. The van der Waals surface area contributed by atoms with Gasteiger partial charge >= 0.3 is 5.97 Å². The molecule has 0 unspecified atom stereocenters. The number of fused-ring (bicyclic) bond motifs is 3. The van der Waals surface area contributed by atoms with Gasteiger partial charge in [-0.25, -0.2) is 9.78 Å². The van der Waals surface area contributed by atoms with Gasteiger partial charge in [0.25, 0.3) is 0 Å². The molecule has 2 heterocycles. The van der Waals surface area contributed by atoms with E-state index in [0.717, 1.165) is 16.2 Å². The van der Waals surface area contributed by atoms with Crippen LogP contribution >= 0.6 is 0 Å². The van der Waals surface area contributed by atoms with E-state index in [1.165, 1.54) is 0 Å². The first-order chi connectivity index (χ1) is 10.7. The van der Waals surface area contributed by atoms with Crippen LogP contribution in [-0.2, 0) is 4.74 Å². The maximum Gasteiger partial charge on any atom is 0.335 e. The normalized spacial score (nSPS) is 11.0. The molecular weight excluding hydrogens is 282 g/mol. The zero-order valence-corrected chi connectivity index (χ0v) is 12.0. The summed E-state index contributed by atoms with van der Waals surface area (Å²) in [6, 6.07) is 6.82. The number of aromatic carboxylic acids is 1. The third kappa shape index (κ3) is 2.56. The van der Waals surface area contributed by atoms with Crippen molar-refractivity contribution >= 4 is 33.5 Å². The summed E-state index contributed by atoms with van der Waals surface area (Å²) in [5.74, 6) is -0.270. The molecule has 112 valence electrons. The number of methoxy groups -OCH3 is 1. The Morgan fingerprint density at radius 2 is 2.14 bits per heavy atom. The van der Waals surface area contributed by atoms with Gasteiger partial charge < -0.3 is 15.2 Å². The van der Waals surface area contributed by atoms with Crippen LogP contribution in [0.5, 0.6) is 0 Å². The fourth-order valence-corrected chi connectivity index (χ4v) is 2.39. The van der Waals surface area contributed by atoms with Crippen LogP contribution in [0.1, 0.15) is 10.4 Å². The summed E-state index contributed by atoms with van der Waals surface area (Å²) >= 11 is 0. The van der Waals surface area contributed by atoms with Gasteiger partial charge in [-0.1, -0.05) is 6.07 Å². The summed E-state index contributed by atoms with van der Waals surface area (Å²) in [5.41, 5.74) is 0.839. The van der Waals surface area contributed by atoms with Crippen molar-refractivity contribution in [2.45, 2.75) is 0 Å². The molecule has 0 spiro atoms. The fraction of sp³-hybridized carbons (Fsp3) is 0.188. The Kier molecular flexibility index (Phi) is 3.84. The minimum atomic E-state index is -0.969. The van der Waals surface area contributed by atoms with E-state index in [2.05, 4.69) is 15.3 Å². The maximum absolute atomic E-state index is 11.1. The zero-order chi connectivity index (χ0) is 15.5. The number of pyridine rings is 2. The van der Waals surface area contributed by atoms with Crippen LogP contribution in [-0.4, -0.2) is 41.3 Å². The average molecular weight is 297 g/mol. The molecule has 0 aliphatic carbocycles. The van der Waals surface area contributed by atoms with Crippen LogP contribution in [0.2, 0.25) is 0 Å². The van der Waals surface area contributed by atoms with Crippen molar-refractivity contribution in [3.05, 3.63) is 42.2 Å². The van der Waals surface area contributed by atoms with E-state index in [1.54, 1.807) is 37.7 Å². The number of carboxylic acids is 1. The van der Waals surface area contributed by atoms with E-state index in [1.807, 2.05) is 6.07 Å². The Morgan fingerprint density at radius 1 is 1.27 bits per heavy atom. The van der Waals surface area contributed by atoms with Crippen LogP contribution < -0.4 is 5.32 Å². The first kappa shape index (κ1) is 14.2. The lowest BCUT2D eigenvalue weighted by Gasteiger charge is -2.11. The van der Waals surface area contributed by atoms with Gasteiger partial charge in [0.05, 0.1) is 17.7 Å². The highest BCUT2D eigenvalue weighted by Gasteiger charge is 2.10. The number of carbonyl (C=O) groups is 1. The molecule has 0 aliphatic rings. The van der Waals surface area contributed by atoms with Crippen molar-refractivity contribution < 1.29 is 14.6 Å². The molecule has 0 atom stereocenters. The summed E-state index contributed by atoms with van der Waals surface area (Å²) in [5, 5.41) is 15.1. The SMILES string of the molecule is COCCNc1nc2cc(C(=O)O)ccc2c2cnccc12. The molecule has 0 amide bonds. The molecule has 0 fully saturated rings. The number of nitrogens with zero attached hydrogens (tertiary/aromatic N) is 2. The number of nitrogens with one attached hydrogen (secondary N) is 1. The Labute approximate surface area is 126 Å². The molecule has 6 heteroatoms. The first-order valence-electron chi connectivity index (χ1n) is 6.84. The lowest BCUT2D eigenvalue weighted by atomic mass is 10.1. The second-order valence-corrected chi connectivity index (χ2v) is 4.84. The van der Waals surface area contributed by atoms with Gasteiger partial charge in [-0.3, -0.25) is 4.98 Å². The van der Waals surface area contributed by atoms with E-state index < -0.39 is 5.97 Å². The number of hydrogen-bond donors (Lipinski definition) is 2. The second kappa shape index (κ2) is 5.95. The van der Waals surface area contributed by atoms with E-state index in [4.69, 9.17) is 9.84 Å². The Morgan fingerprint density at radius 3 is 2.91 bits per heavy atom. The molecule has 3 aromatic rings. The molecule has 2 aromatic heterocycles. The fourth-order valence-electron chi connectivity index (χ4n) is 2.39. The van der Waals surface area contributed by atoms with Gasteiger partial charge in [0, 0.05) is 42.2 Å². The van der Waals surface area contributed by atoms with Crippen molar-refractivity contribution in [3.8, 4) is 0 Å². The van der Waals surface area contributed by atoms with Gasteiger partial charge in [-0.05, 0) is 18.2 Å². The van der Waals surface area contributed by atoms with Gasteiger partial charge in [-0.15, -0.1) is 0 Å². The van der Waals surface area contributed by atoms with Gasteiger partial charge in [0.15, 0.2) is 0 Å². The molecule has 22 heavy (non-hydrogen) atoms. The molecular formula is C16H15N3O3. The first-order valence-corrected chi connectivity index (χ1v) is 6.84. The van der Waals surface area contributed by atoms with Crippen molar-refractivity contribution in [1.29, 1.82) is 0 Å². The van der Waals surface area contributed by atoms with Crippen molar-refractivity contribution in [1.82, 2.24) is 9.97 Å². The summed E-state index contributed by atoms with van der Waals surface area (Å²) in [6.07, 6.45) is 3.48. The quantitative estimate of drug-likeness (QED) is 0.556. The topological polar surface area (TPSA) is 84.3 Å². The third-order valence-corrected chi connectivity index (χ3v) is 3.44. The van der Waals surface area contributed by atoms with Crippen molar-refractivity contribution in [2.24, 2.45) is 0 Å². The maximum atomic E-state index is 11.1. The number of anilines is 1. The molecule has 6 nitrogen and oxygen atoms in total.